The fourth-order valence-electron chi connectivity index (χ4n) is 5.01. The summed E-state index contributed by atoms with van der Waals surface area (Å²) in [4.78, 5) is 24.3. The van der Waals surface area contributed by atoms with E-state index in [1.165, 1.54) is 18.2 Å². The highest BCUT2D eigenvalue weighted by Gasteiger charge is 2.28. The van der Waals surface area contributed by atoms with Gasteiger partial charge in [-0.1, -0.05) is 0 Å². The molecule has 0 saturated heterocycles. The van der Waals surface area contributed by atoms with E-state index in [4.69, 9.17) is 10.7 Å². The lowest BCUT2D eigenvalue weighted by Crippen LogP contribution is -2.43. The summed E-state index contributed by atoms with van der Waals surface area (Å²) in [5.74, 6) is 1.73. The Labute approximate surface area is 186 Å². The molecular weight excluding hydrogens is 400 g/mol. The monoisotopic (exact) mass is 428 g/mol. The minimum Gasteiger partial charge on any atom is -0.337 e. The van der Waals surface area contributed by atoms with Crippen molar-refractivity contribution >= 4 is 27.8 Å². The summed E-state index contributed by atoms with van der Waals surface area (Å²) >= 11 is 0. The van der Waals surface area contributed by atoms with E-state index in [1.54, 1.807) is 0 Å². The number of nitrogens with two attached hydrogens (primary N) is 1. The van der Waals surface area contributed by atoms with E-state index in [1.807, 2.05) is 30.3 Å². The molecule has 1 aliphatic carbocycles. The lowest BCUT2D eigenvalue weighted by Gasteiger charge is -2.29. The predicted molar refractivity (Wildman–Crippen MR) is 125 cm³/mol. The molecule has 32 heavy (non-hydrogen) atoms. The molecule has 1 aromatic carbocycles. The highest BCUT2D eigenvalue weighted by Crippen LogP contribution is 2.36. The standard InChI is InChI=1S/C25H28N6O/c1-15(26)13-30-8-6-17-9-21-20(11-19(17)25(30)32)28-24(29(21)2)22-10-18-5-7-27-12-23(18)31(22)14-16-3-4-16/h5,7,9-12,15-16H,3-4,6,8,13-14,26H2,1-2H3/t15-/m1/s1. The molecule has 1 aliphatic heterocycles. The van der Waals surface area contributed by atoms with Gasteiger partial charge >= 0.3 is 0 Å². The Morgan fingerprint density at radius 3 is 2.84 bits per heavy atom. The van der Waals surface area contributed by atoms with Crippen LogP contribution in [0, 0.1) is 5.92 Å². The molecular formula is C25H28N6O. The van der Waals surface area contributed by atoms with Crippen LogP contribution in [-0.4, -0.2) is 49.0 Å². The molecule has 1 saturated carbocycles. The molecule has 4 aromatic rings. The second kappa shape index (κ2) is 7.17. The highest BCUT2D eigenvalue weighted by atomic mass is 16.2. The summed E-state index contributed by atoms with van der Waals surface area (Å²) in [6.07, 6.45) is 7.21. The van der Waals surface area contributed by atoms with Gasteiger partial charge in [-0.25, -0.2) is 4.98 Å². The number of rotatable bonds is 5. The van der Waals surface area contributed by atoms with Crippen molar-refractivity contribution in [2.45, 2.75) is 38.8 Å². The average molecular weight is 429 g/mol. The first kappa shape index (κ1) is 19.5. The van der Waals surface area contributed by atoms with Crippen LogP contribution in [0.5, 0.6) is 0 Å². The van der Waals surface area contributed by atoms with Crippen molar-refractivity contribution in [1.29, 1.82) is 0 Å². The van der Waals surface area contributed by atoms with Gasteiger partial charge in [0.15, 0.2) is 5.82 Å². The molecule has 7 heteroatoms. The normalized spacial score (nSPS) is 17.3. The van der Waals surface area contributed by atoms with E-state index in [0.717, 1.165) is 58.1 Å². The van der Waals surface area contributed by atoms with Crippen LogP contribution in [0.25, 0.3) is 33.5 Å². The van der Waals surface area contributed by atoms with Gasteiger partial charge in [0.05, 0.1) is 28.4 Å². The van der Waals surface area contributed by atoms with Crippen molar-refractivity contribution in [3.8, 4) is 11.5 Å². The zero-order valence-corrected chi connectivity index (χ0v) is 18.6. The van der Waals surface area contributed by atoms with Gasteiger partial charge < -0.3 is 19.8 Å². The Morgan fingerprint density at radius 2 is 2.06 bits per heavy atom. The largest absolute Gasteiger partial charge is 0.337 e. The Kier molecular flexibility index (Phi) is 4.37. The molecule has 0 unspecified atom stereocenters. The number of fused-ring (bicyclic) bond motifs is 3. The molecule has 1 amide bonds. The van der Waals surface area contributed by atoms with Crippen LogP contribution >= 0.6 is 0 Å². The molecule has 1 fully saturated rings. The summed E-state index contributed by atoms with van der Waals surface area (Å²) in [5, 5.41) is 1.18. The number of amides is 1. The fourth-order valence-corrected chi connectivity index (χ4v) is 5.01. The summed E-state index contributed by atoms with van der Waals surface area (Å²) in [5.41, 5.74) is 12.0. The fraction of sp³-hybridized carbons (Fsp3) is 0.400. The third-order valence-corrected chi connectivity index (χ3v) is 6.86. The first-order chi connectivity index (χ1) is 15.5. The molecule has 0 spiro atoms. The van der Waals surface area contributed by atoms with Crippen molar-refractivity contribution in [2.75, 3.05) is 13.1 Å². The van der Waals surface area contributed by atoms with E-state index >= 15 is 0 Å². The summed E-state index contributed by atoms with van der Waals surface area (Å²) in [6.45, 7) is 4.23. The van der Waals surface area contributed by atoms with Crippen molar-refractivity contribution in [3.63, 3.8) is 0 Å². The number of imidazole rings is 1. The molecule has 7 nitrogen and oxygen atoms in total. The quantitative estimate of drug-likeness (QED) is 0.529. The first-order valence-electron chi connectivity index (χ1n) is 11.5. The molecule has 4 heterocycles. The Morgan fingerprint density at radius 1 is 1.22 bits per heavy atom. The Balaban J connectivity index is 1.48. The number of carbonyl (C=O) groups is 1. The lowest BCUT2D eigenvalue weighted by molar-refractivity contribution is 0.0732. The first-order valence-corrected chi connectivity index (χ1v) is 11.5. The summed E-state index contributed by atoms with van der Waals surface area (Å²) in [6, 6.07) is 8.37. The van der Waals surface area contributed by atoms with Gasteiger partial charge in [-0.2, -0.15) is 0 Å². The number of hydrogen-bond acceptors (Lipinski definition) is 4. The van der Waals surface area contributed by atoms with Gasteiger partial charge in [0.1, 0.15) is 0 Å². The van der Waals surface area contributed by atoms with Crippen LogP contribution in [-0.2, 0) is 20.0 Å². The topological polar surface area (TPSA) is 82.0 Å². The second-order valence-electron chi connectivity index (χ2n) is 9.49. The number of aromatic nitrogens is 4. The zero-order valence-electron chi connectivity index (χ0n) is 18.6. The summed E-state index contributed by atoms with van der Waals surface area (Å²) < 4.78 is 4.54. The van der Waals surface area contributed by atoms with Gasteiger partial charge in [0, 0.05) is 49.9 Å². The molecule has 0 radical (unpaired) electrons. The molecule has 0 bridgehead atoms. The Bertz CT molecular complexity index is 1360. The van der Waals surface area contributed by atoms with E-state index < -0.39 is 0 Å². The predicted octanol–water partition coefficient (Wildman–Crippen LogP) is 3.35. The molecule has 2 aliphatic rings. The van der Waals surface area contributed by atoms with E-state index in [9.17, 15) is 4.79 Å². The lowest BCUT2D eigenvalue weighted by atomic mass is 9.97. The number of nitrogens with zero attached hydrogens (tertiary/aromatic N) is 5. The van der Waals surface area contributed by atoms with Crippen LogP contribution < -0.4 is 5.73 Å². The van der Waals surface area contributed by atoms with Crippen LogP contribution in [0.15, 0.2) is 36.7 Å². The van der Waals surface area contributed by atoms with E-state index in [0.29, 0.717) is 13.1 Å². The molecule has 164 valence electrons. The van der Waals surface area contributed by atoms with Gasteiger partial charge in [-0.05, 0) is 61.9 Å². The number of carbonyl (C=O) groups excluding carboxylic acids is 1. The number of benzene rings is 1. The van der Waals surface area contributed by atoms with Crippen LogP contribution in [0.3, 0.4) is 0 Å². The van der Waals surface area contributed by atoms with Gasteiger partial charge in [-0.15, -0.1) is 0 Å². The molecule has 6 rings (SSSR count). The van der Waals surface area contributed by atoms with Crippen LogP contribution in [0.1, 0.15) is 35.7 Å². The maximum Gasteiger partial charge on any atom is 0.254 e. The van der Waals surface area contributed by atoms with Gasteiger partial charge in [-0.3, -0.25) is 9.78 Å². The molecule has 1 atom stereocenters. The van der Waals surface area contributed by atoms with E-state index in [2.05, 4.69) is 39.4 Å². The van der Waals surface area contributed by atoms with Crippen molar-refractivity contribution < 1.29 is 4.79 Å². The second-order valence-corrected chi connectivity index (χ2v) is 9.49. The molecule has 2 N–H and O–H groups in total. The van der Waals surface area contributed by atoms with Crippen LogP contribution in [0.4, 0.5) is 0 Å². The maximum atomic E-state index is 13.1. The highest BCUT2D eigenvalue weighted by molar-refractivity contribution is 6.00. The zero-order chi connectivity index (χ0) is 22.0. The average Bonchev–Trinajstić information content (AvgIpc) is 3.45. The SMILES string of the molecule is C[C@@H](N)CN1CCc2cc3c(cc2C1=O)nc(-c1cc2ccncc2n1CC1CC1)n3C. The third-order valence-electron chi connectivity index (χ3n) is 6.86. The minimum atomic E-state index is -0.0337. The van der Waals surface area contributed by atoms with E-state index in [-0.39, 0.29) is 11.9 Å². The van der Waals surface area contributed by atoms with Crippen molar-refractivity contribution in [2.24, 2.45) is 18.7 Å². The molecule has 3 aromatic heterocycles. The van der Waals surface area contributed by atoms with Crippen LogP contribution in [0.2, 0.25) is 0 Å². The number of hydrogen-bond donors (Lipinski definition) is 1. The Hall–Kier alpha value is -3.19. The van der Waals surface area contributed by atoms with Crippen molar-refractivity contribution in [1.82, 2.24) is 24.0 Å². The third kappa shape index (κ3) is 3.11. The van der Waals surface area contributed by atoms with Crippen molar-refractivity contribution in [3.05, 3.63) is 47.8 Å². The number of aryl methyl sites for hydroxylation is 1. The number of pyridine rings is 1. The van der Waals surface area contributed by atoms with Gasteiger partial charge in [0.25, 0.3) is 5.91 Å². The van der Waals surface area contributed by atoms with Gasteiger partial charge in [0.2, 0.25) is 0 Å². The summed E-state index contributed by atoms with van der Waals surface area (Å²) in [7, 11) is 2.07. The minimum absolute atomic E-state index is 0.0337. The maximum absolute atomic E-state index is 13.1. The smallest absolute Gasteiger partial charge is 0.254 e.